The van der Waals surface area contributed by atoms with E-state index in [9.17, 15) is 0 Å². The van der Waals surface area contributed by atoms with E-state index < -0.39 is 0 Å². The van der Waals surface area contributed by atoms with Gasteiger partial charge in [-0.25, -0.2) is 0 Å². The quantitative estimate of drug-likeness (QED) is 0.438. The van der Waals surface area contributed by atoms with Gasteiger partial charge in [0.15, 0.2) is 5.96 Å². The van der Waals surface area contributed by atoms with Gasteiger partial charge in [-0.05, 0) is 31.0 Å². The molecule has 1 aromatic carbocycles. The molecule has 0 aliphatic carbocycles. The number of hydrogen-bond acceptors (Lipinski definition) is 2. The van der Waals surface area contributed by atoms with E-state index >= 15 is 0 Å². The topological polar surface area (TPSA) is 60.2 Å². The summed E-state index contributed by atoms with van der Waals surface area (Å²) >= 11 is 0. The van der Waals surface area contributed by atoms with Crippen LogP contribution in [0.25, 0.3) is 0 Å². The van der Waals surface area contributed by atoms with Gasteiger partial charge in [0.05, 0.1) is 11.6 Å². The largest absolute Gasteiger partial charge is 0.354 e. The summed E-state index contributed by atoms with van der Waals surface area (Å²) in [4.78, 5) is 4.26. The highest BCUT2D eigenvalue weighted by molar-refractivity contribution is 5.79. The van der Waals surface area contributed by atoms with E-state index in [-0.39, 0.29) is 0 Å². The standard InChI is InChI=1S/C18H28N4/c1-4-5-6-7-8-15(2)22-18(20-3)21-14-17-11-9-16(13-19)10-12-17/h9-12,15H,4-8,14H2,1-3H3,(H2,20,21,22). The molecule has 4 heteroatoms. The molecule has 0 amide bonds. The van der Waals surface area contributed by atoms with Crippen LogP contribution in [0.2, 0.25) is 0 Å². The molecule has 2 N–H and O–H groups in total. The lowest BCUT2D eigenvalue weighted by atomic mass is 10.1. The Balaban J connectivity index is 2.33. The first-order valence-corrected chi connectivity index (χ1v) is 8.15. The second-order valence-corrected chi connectivity index (χ2v) is 5.63. The third-order valence-electron chi connectivity index (χ3n) is 3.64. The Hall–Kier alpha value is -2.02. The number of nitrogens with one attached hydrogen (secondary N) is 2. The number of benzene rings is 1. The van der Waals surface area contributed by atoms with Crippen molar-refractivity contribution in [2.45, 2.75) is 58.5 Å². The Labute approximate surface area is 134 Å². The summed E-state index contributed by atoms with van der Waals surface area (Å²) in [6.45, 7) is 5.13. The van der Waals surface area contributed by atoms with Crippen molar-refractivity contribution in [3.8, 4) is 6.07 Å². The summed E-state index contributed by atoms with van der Waals surface area (Å²) in [7, 11) is 1.79. The lowest BCUT2D eigenvalue weighted by Crippen LogP contribution is -2.41. The molecule has 1 atom stereocenters. The van der Waals surface area contributed by atoms with Gasteiger partial charge in [-0.2, -0.15) is 5.26 Å². The molecule has 0 radical (unpaired) electrons. The van der Waals surface area contributed by atoms with Crippen LogP contribution in [-0.2, 0) is 6.54 Å². The van der Waals surface area contributed by atoms with Gasteiger partial charge >= 0.3 is 0 Å². The van der Waals surface area contributed by atoms with Crippen molar-refractivity contribution in [3.63, 3.8) is 0 Å². The third kappa shape index (κ3) is 7.12. The number of guanidine groups is 1. The molecule has 1 unspecified atom stereocenters. The highest BCUT2D eigenvalue weighted by atomic mass is 15.2. The van der Waals surface area contributed by atoms with Crippen molar-refractivity contribution >= 4 is 5.96 Å². The average Bonchev–Trinajstić information content (AvgIpc) is 2.56. The van der Waals surface area contributed by atoms with Crippen LogP contribution in [0.4, 0.5) is 0 Å². The molecule has 0 saturated carbocycles. The Morgan fingerprint density at radius 1 is 1.23 bits per heavy atom. The molecule has 0 aliphatic heterocycles. The Kier molecular flexibility index (Phi) is 8.74. The zero-order valence-electron chi connectivity index (χ0n) is 14.0. The monoisotopic (exact) mass is 300 g/mol. The normalized spacial score (nSPS) is 12.5. The molecule has 1 aromatic rings. The first kappa shape index (κ1) is 18.0. The fraction of sp³-hybridized carbons (Fsp3) is 0.556. The number of hydrogen-bond donors (Lipinski definition) is 2. The lowest BCUT2D eigenvalue weighted by molar-refractivity contribution is 0.537. The molecule has 0 heterocycles. The van der Waals surface area contributed by atoms with Crippen molar-refractivity contribution < 1.29 is 0 Å². The van der Waals surface area contributed by atoms with Gasteiger partial charge in [-0.15, -0.1) is 0 Å². The molecule has 1 rings (SSSR count). The number of rotatable bonds is 8. The van der Waals surface area contributed by atoms with Crippen LogP contribution in [-0.4, -0.2) is 19.0 Å². The summed E-state index contributed by atoms with van der Waals surface area (Å²) in [6.07, 6.45) is 6.32. The maximum Gasteiger partial charge on any atom is 0.191 e. The summed E-state index contributed by atoms with van der Waals surface area (Å²) < 4.78 is 0. The summed E-state index contributed by atoms with van der Waals surface area (Å²) in [5.74, 6) is 0.826. The molecular formula is C18H28N4. The molecule has 0 aliphatic rings. The van der Waals surface area contributed by atoms with E-state index in [2.05, 4.69) is 35.5 Å². The zero-order valence-corrected chi connectivity index (χ0v) is 14.0. The second-order valence-electron chi connectivity index (χ2n) is 5.63. The van der Waals surface area contributed by atoms with Crippen LogP contribution in [0, 0.1) is 11.3 Å². The summed E-state index contributed by atoms with van der Waals surface area (Å²) in [5.41, 5.74) is 1.82. The van der Waals surface area contributed by atoms with E-state index in [1.165, 1.54) is 25.7 Å². The van der Waals surface area contributed by atoms with Crippen LogP contribution in [0.15, 0.2) is 29.3 Å². The molecule has 4 nitrogen and oxygen atoms in total. The predicted molar refractivity (Wildman–Crippen MR) is 92.7 cm³/mol. The molecule has 0 saturated heterocycles. The van der Waals surface area contributed by atoms with E-state index in [1.807, 2.05) is 24.3 Å². The third-order valence-corrected chi connectivity index (χ3v) is 3.64. The van der Waals surface area contributed by atoms with Gasteiger partial charge in [0.25, 0.3) is 0 Å². The van der Waals surface area contributed by atoms with E-state index in [1.54, 1.807) is 7.05 Å². The van der Waals surface area contributed by atoms with Crippen molar-refractivity contribution in [1.82, 2.24) is 10.6 Å². The van der Waals surface area contributed by atoms with Crippen molar-refractivity contribution in [2.24, 2.45) is 4.99 Å². The first-order valence-electron chi connectivity index (χ1n) is 8.15. The first-order chi connectivity index (χ1) is 10.7. The fourth-order valence-electron chi connectivity index (χ4n) is 2.26. The maximum absolute atomic E-state index is 8.79. The van der Waals surface area contributed by atoms with Crippen molar-refractivity contribution in [1.29, 1.82) is 5.26 Å². The van der Waals surface area contributed by atoms with Crippen LogP contribution >= 0.6 is 0 Å². The van der Waals surface area contributed by atoms with Gasteiger partial charge in [0.2, 0.25) is 0 Å². The fourth-order valence-corrected chi connectivity index (χ4v) is 2.26. The minimum Gasteiger partial charge on any atom is -0.354 e. The Bertz CT molecular complexity index is 485. The summed E-state index contributed by atoms with van der Waals surface area (Å²) in [5, 5.41) is 15.5. The zero-order chi connectivity index (χ0) is 16.2. The molecule has 0 aromatic heterocycles. The molecule has 0 bridgehead atoms. The average molecular weight is 300 g/mol. The lowest BCUT2D eigenvalue weighted by Gasteiger charge is -2.18. The van der Waals surface area contributed by atoms with Crippen molar-refractivity contribution in [3.05, 3.63) is 35.4 Å². The van der Waals surface area contributed by atoms with Crippen LogP contribution in [0.5, 0.6) is 0 Å². The molecule has 22 heavy (non-hydrogen) atoms. The van der Waals surface area contributed by atoms with Gasteiger partial charge in [0.1, 0.15) is 0 Å². The number of aliphatic imine (C=N–C) groups is 1. The molecule has 0 fully saturated rings. The molecular weight excluding hydrogens is 272 g/mol. The highest BCUT2D eigenvalue weighted by Gasteiger charge is 2.05. The molecule has 120 valence electrons. The Morgan fingerprint density at radius 3 is 2.55 bits per heavy atom. The van der Waals surface area contributed by atoms with Gasteiger partial charge in [-0.3, -0.25) is 4.99 Å². The van der Waals surface area contributed by atoms with E-state index in [0.29, 0.717) is 18.2 Å². The number of nitriles is 1. The molecule has 0 spiro atoms. The van der Waals surface area contributed by atoms with Crippen LogP contribution in [0.3, 0.4) is 0 Å². The van der Waals surface area contributed by atoms with Gasteiger partial charge < -0.3 is 10.6 Å². The second kappa shape index (κ2) is 10.7. The van der Waals surface area contributed by atoms with E-state index in [4.69, 9.17) is 5.26 Å². The number of nitrogens with zero attached hydrogens (tertiary/aromatic N) is 2. The van der Waals surface area contributed by atoms with Crippen LogP contribution in [0.1, 0.15) is 57.1 Å². The van der Waals surface area contributed by atoms with Gasteiger partial charge in [-0.1, -0.05) is 44.7 Å². The minimum absolute atomic E-state index is 0.420. The van der Waals surface area contributed by atoms with Gasteiger partial charge in [0, 0.05) is 19.6 Å². The number of unbranched alkanes of at least 4 members (excludes halogenated alkanes) is 3. The van der Waals surface area contributed by atoms with E-state index in [0.717, 1.165) is 17.9 Å². The smallest absolute Gasteiger partial charge is 0.191 e. The SMILES string of the molecule is CCCCCCC(C)NC(=NC)NCc1ccc(C#N)cc1. The van der Waals surface area contributed by atoms with Crippen molar-refractivity contribution in [2.75, 3.05) is 7.05 Å². The summed E-state index contributed by atoms with van der Waals surface area (Å²) in [6, 6.07) is 10.2. The Morgan fingerprint density at radius 2 is 1.95 bits per heavy atom. The van der Waals surface area contributed by atoms with Crippen LogP contribution < -0.4 is 10.6 Å². The predicted octanol–water partition coefficient (Wildman–Crippen LogP) is 3.58. The highest BCUT2D eigenvalue weighted by Crippen LogP contribution is 2.05. The minimum atomic E-state index is 0.420. The maximum atomic E-state index is 8.79.